The van der Waals surface area contributed by atoms with Crippen molar-refractivity contribution in [1.29, 1.82) is 0 Å². The third-order valence-electron chi connectivity index (χ3n) is 3.51. The van der Waals surface area contributed by atoms with Gasteiger partial charge < -0.3 is 5.32 Å². The highest BCUT2D eigenvalue weighted by Crippen LogP contribution is 2.33. The second-order valence-corrected chi connectivity index (χ2v) is 8.96. The van der Waals surface area contributed by atoms with E-state index in [4.69, 9.17) is 16.7 Å². The number of benzene rings is 2. The zero-order valence-corrected chi connectivity index (χ0v) is 14.9. The maximum atomic E-state index is 12.5. The first-order chi connectivity index (χ1) is 11.6. The van der Waals surface area contributed by atoms with Crippen LogP contribution in [0.4, 0.5) is 11.4 Å². The van der Waals surface area contributed by atoms with Gasteiger partial charge in [0, 0.05) is 11.4 Å². The molecule has 4 N–H and O–H groups in total. The Morgan fingerprint density at radius 3 is 2.32 bits per heavy atom. The van der Waals surface area contributed by atoms with Gasteiger partial charge in [-0.15, -0.1) is 0 Å². The lowest BCUT2D eigenvalue weighted by Crippen LogP contribution is -2.15. The summed E-state index contributed by atoms with van der Waals surface area (Å²) in [6.07, 6.45) is 0.0675. The summed E-state index contributed by atoms with van der Waals surface area (Å²) >= 11 is 6.03. The Balaban J connectivity index is 1.93. The highest BCUT2D eigenvalue weighted by Gasteiger charge is 2.25. The lowest BCUT2D eigenvalue weighted by atomic mass is 10.2. The molecule has 0 saturated heterocycles. The molecule has 1 aliphatic heterocycles. The summed E-state index contributed by atoms with van der Waals surface area (Å²) in [5.74, 6) is -0.243. The minimum absolute atomic E-state index is 0.0467. The van der Waals surface area contributed by atoms with Gasteiger partial charge in [-0.05, 0) is 42.0 Å². The number of anilines is 2. The predicted octanol–water partition coefficient (Wildman–Crippen LogP) is 1.28. The van der Waals surface area contributed by atoms with Gasteiger partial charge in [-0.25, -0.2) is 22.0 Å². The van der Waals surface area contributed by atoms with Gasteiger partial charge in [0.15, 0.2) is 0 Å². The topological polar surface area (TPSA) is 135 Å². The zero-order valence-electron chi connectivity index (χ0n) is 12.5. The number of carbonyl (C=O) groups excluding carboxylic acids is 1. The molecule has 8 nitrogen and oxygen atoms in total. The van der Waals surface area contributed by atoms with Crippen molar-refractivity contribution in [3.63, 3.8) is 0 Å². The first-order valence-electron chi connectivity index (χ1n) is 6.84. The second-order valence-electron chi connectivity index (χ2n) is 5.34. The number of sulfonamides is 2. The molecule has 0 spiro atoms. The van der Waals surface area contributed by atoms with Gasteiger partial charge >= 0.3 is 0 Å². The molecule has 11 heteroatoms. The Morgan fingerprint density at radius 1 is 1.08 bits per heavy atom. The van der Waals surface area contributed by atoms with Crippen molar-refractivity contribution in [1.82, 2.24) is 0 Å². The fraction of sp³-hybridized carbons (Fsp3) is 0.0714. The molecule has 0 aromatic heterocycles. The SMILES string of the molecule is NS(=O)(=O)c1ccc(NS(=O)(=O)c2cc3c(cc2Cl)NC(=O)C3)cc1. The molecule has 0 saturated carbocycles. The minimum atomic E-state index is -4.03. The van der Waals surface area contributed by atoms with Crippen molar-refractivity contribution < 1.29 is 21.6 Å². The average molecular weight is 402 g/mol. The average Bonchev–Trinajstić information content (AvgIpc) is 2.84. The Labute approximate surface area is 149 Å². The van der Waals surface area contributed by atoms with Gasteiger partial charge in [-0.1, -0.05) is 11.6 Å². The van der Waals surface area contributed by atoms with Crippen LogP contribution in [0.3, 0.4) is 0 Å². The number of amides is 1. The van der Waals surface area contributed by atoms with E-state index in [0.717, 1.165) is 0 Å². The Bertz CT molecular complexity index is 1080. The third kappa shape index (κ3) is 3.61. The largest absolute Gasteiger partial charge is 0.325 e. The van der Waals surface area contributed by atoms with E-state index in [1.165, 1.54) is 36.4 Å². The van der Waals surface area contributed by atoms with E-state index in [1.807, 2.05) is 0 Å². The van der Waals surface area contributed by atoms with Crippen LogP contribution in [0.5, 0.6) is 0 Å². The van der Waals surface area contributed by atoms with Gasteiger partial charge in [0.1, 0.15) is 4.90 Å². The summed E-state index contributed by atoms with van der Waals surface area (Å²) in [4.78, 5) is 11.1. The Kier molecular flexibility index (Phi) is 4.23. The van der Waals surface area contributed by atoms with E-state index in [9.17, 15) is 21.6 Å². The zero-order chi connectivity index (χ0) is 18.4. The molecule has 0 unspecified atom stereocenters. The van der Waals surface area contributed by atoms with Crippen LogP contribution in [0, 0.1) is 0 Å². The summed E-state index contributed by atoms with van der Waals surface area (Å²) in [6.45, 7) is 0. The van der Waals surface area contributed by atoms with E-state index in [2.05, 4.69) is 10.0 Å². The van der Waals surface area contributed by atoms with E-state index in [-0.39, 0.29) is 32.8 Å². The number of hydrogen-bond acceptors (Lipinski definition) is 5. The lowest BCUT2D eigenvalue weighted by molar-refractivity contribution is -0.115. The van der Waals surface area contributed by atoms with Crippen molar-refractivity contribution in [2.24, 2.45) is 5.14 Å². The van der Waals surface area contributed by atoms with Gasteiger partial charge in [0.05, 0.1) is 16.3 Å². The van der Waals surface area contributed by atoms with Crippen molar-refractivity contribution in [2.45, 2.75) is 16.2 Å². The molecule has 1 amide bonds. The maximum Gasteiger partial charge on any atom is 0.263 e. The second kappa shape index (κ2) is 5.99. The number of nitrogens with two attached hydrogens (primary N) is 1. The van der Waals surface area contributed by atoms with Crippen LogP contribution in [-0.4, -0.2) is 22.7 Å². The van der Waals surface area contributed by atoms with E-state index < -0.39 is 20.0 Å². The first-order valence-corrected chi connectivity index (χ1v) is 10.2. The van der Waals surface area contributed by atoms with Crippen LogP contribution in [0.25, 0.3) is 0 Å². The molecule has 1 aliphatic rings. The smallest absolute Gasteiger partial charge is 0.263 e. The molecular formula is C14H12ClN3O5S2. The molecular weight excluding hydrogens is 390 g/mol. The van der Waals surface area contributed by atoms with Gasteiger partial charge in [-0.3, -0.25) is 9.52 Å². The third-order valence-corrected chi connectivity index (χ3v) is 6.28. The summed E-state index contributed by atoms with van der Waals surface area (Å²) < 4.78 is 49.8. The monoisotopic (exact) mass is 401 g/mol. The van der Waals surface area contributed by atoms with Crippen molar-refractivity contribution in [2.75, 3.05) is 10.0 Å². The Hall–Kier alpha value is -2.14. The van der Waals surface area contributed by atoms with Crippen molar-refractivity contribution in [3.05, 3.63) is 47.0 Å². The fourth-order valence-corrected chi connectivity index (χ4v) is 4.51. The van der Waals surface area contributed by atoms with Crippen LogP contribution >= 0.6 is 11.6 Å². The number of nitrogens with one attached hydrogen (secondary N) is 2. The molecule has 0 fully saturated rings. The van der Waals surface area contributed by atoms with Gasteiger partial charge in [0.25, 0.3) is 10.0 Å². The van der Waals surface area contributed by atoms with Crippen molar-refractivity contribution in [3.8, 4) is 0 Å². The molecule has 0 aliphatic carbocycles. The molecule has 2 aromatic rings. The van der Waals surface area contributed by atoms with E-state index in [0.29, 0.717) is 11.3 Å². The molecule has 132 valence electrons. The van der Waals surface area contributed by atoms with Gasteiger partial charge in [-0.2, -0.15) is 0 Å². The quantitative estimate of drug-likeness (QED) is 0.709. The Morgan fingerprint density at radius 2 is 1.72 bits per heavy atom. The maximum absolute atomic E-state index is 12.5. The van der Waals surface area contributed by atoms with Crippen LogP contribution in [-0.2, 0) is 31.3 Å². The van der Waals surface area contributed by atoms with Crippen LogP contribution in [0.2, 0.25) is 5.02 Å². The van der Waals surface area contributed by atoms with Crippen molar-refractivity contribution >= 4 is 48.9 Å². The summed E-state index contributed by atoms with van der Waals surface area (Å²) in [6, 6.07) is 7.60. The molecule has 3 rings (SSSR count). The molecule has 1 heterocycles. The number of halogens is 1. The number of rotatable bonds is 4. The molecule has 0 radical (unpaired) electrons. The number of hydrogen-bond donors (Lipinski definition) is 3. The molecule has 0 bridgehead atoms. The highest BCUT2D eigenvalue weighted by molar-refractivity contribution is 7.92. The molecule has 25 heavy (non-hydrogen) atoms. The fourth-order valence-electron chi connectivity index (χ4n) is 2.35. The van der Waals surface area contributed by atoms with E-state index in [1.54, 1.807) is 0 Å². The van der Waals surface area contributed by atoms with Crippen LogP contribution in [0.15, 0.2) is 46.2 Å². The summed E-state index contributed by atoms with van der Waals surface area (Å²) in [5.41, 5.74) is 1.14. The number of fused-ring (bicyclic) bond motifs is 1. The molecule has 2 aromatic carbocycles. The van der Waals surface area contributed by atoms with Gasteiger partial charge in [0.2, 0.25) is 15.9 Å². The highest BCUT2D eigenvalue weighted by atomic mass is 35.5. The predicted molar refractivity (Wildman–Crippen MR) is 92.4 cm³/mol. The normalized spacial score (nSPS) is 14.1. The minimum Gasteiger partial charge on any atom is -0.325 e. The number of primary sulfonamides is 1. The van der Waals surface area contributed by atoms with Crippen LogP contribution < -0.4 is 15.2 Å². The first kappa shape index (κ1) is 17.7. The van der Waals surface area contributed by atoms with Crippen LogP contribution in [0.1, 0.15) is 5.56 Å². The lowest BCUT2D eigenvalue weighted by Gasteiger charge is -2.11. The van der Waals surface area contributed by atoms with E-state index >= 15 is 0 Å². The summed E-state index contributed by atoms with van der Waals surface area (Å²) in [7, 11) is -7.90. The standard InChI is InChI=1S/C14H12ClN3O5S2/c15-11-7-12-8(6-14(19)17-12)5-13(11)25(22,23)18-9-1-3-10(4-2-9)24(16,20)21/h1-5,7,18H,6H2,(H,17,19)(H2,16,20,21). The molecule has 0 atom stereocenters. The number of carbonyl (C=O) groups is 1. The summed E-state index contributed by atoms with van der Waals surface area (Å²) in [5, 5.41) is 7.52.